The van der Waals surface area contributed by atoms with Gasteiger partial charge >= 0.3 is 0 Å². The lowest BCUT2D eigenvalue weighted by molar-refractivity contribution is 0.0934. The minimum absolute atomic E-state index is 0.000415. The quantitative estimate of drug-likeness (QED) is 0.253. The average Bonchev–Trinajstić information content (AvgIpc) is 2.95. The second-order valence-electron chi connectivity index (χ2n) is 8.07. The number of methoxy groups -OCH3 is 2. The van der Waals surface area contributed by atoms with E-state index in [1.54, 1.807) is 13.2 Å². The molecular formula is C26H28N4O8S. The second-order valence-corrected chi connectivity index (χ2v) is 9.75. The highest BCUT2D eigenvalue weighted by Gasteiger charge is 2.20. The van der Waals surface area contributed by atoms with Crippen LogP contribution in [0.25, 0.3) is 0 Å². The molecule has 0 fully saturated rings. The second kappa shape index (κ2) is 13.3. The van der Waals surface area contributed by atoms with Gasteiger partial charge in [-0.3, -0.25) is 19.4 Å². The van der Waals surface area contributed by atoms with Crippen LogP contribution in [0.15, 0.2) is 65.7 Å². The van der Waals surface area contributed by atoms with Crippen molar-refractivity contribution in [3.63, 3.8) is 0 Å². The van der Waals surface area contributed by atoms with Crippen LogP contribution in [0, 0.1) is 0 Å². The van der Waals surface area contributed by atoms with Crippen LogP contribution in [0.2, 0.25) is 0 Å². The normalized spacial score (nSPS) is 10.8. The third kappa shape index (κ3) is 7.75. The van der Waals surface area contributed by atoms with Gasteiger partial charge in [0.05, 0.1) is 31.3 Å². The third-order valence-electron chi connectivity index (χ3n) is 5.46. The lowest BCUT2D eigenvalue weighted by Gasteiger charge is -2.10. The van der Waals surface area contributed by atoms with Gasteiger partial charge in [-0.1, -0.05) is 6.07 Å². The van der Waals surface area contributed by atoms with Gasteiger partial charge in [-0.25, -0.2) is 13.1 Å². The average molecular weight is 557 g/mol. The predicted octanol–water partition coefficient (Wildman–Crippen LogP) is 0.912. The summed E-state index contributed by atoms with van der Waals surface area (Å²) in [7, 11) is -1.16. The van der Waals surface area contributed by atoms with Crippen LogP contribution in [0.4, 0.5) is 0 Å². The molecule has 2 aromatic carbocycles. The largest absolute Gasteiger partial charge is 0.493 e. The van der Waals surface area contributed by atoms with Crippen molar-refractivity contribution in [3.05, 3.63) is 83.2 Å². The van der Waals surface area contributed by atoms with Gasteiger partial charge in [-0.2, -0.15) is 0 Å². The zero-order chi connectivity index (χ0) is 28.4. The first kappa shape index (κ1) is 29.1. The molecule has 0 aliphatic carbocycles. The van der Waals surface area contributed by atoms with E-state index >= 15 is 0 Å². The lowest BCUT2D eigenvalue weighted by atomic mass is 10.1. The van der Waals surface area contributed by atoms with Crippen molar-refractivity contribution in [2.45, 2.75) is 11.3 Å². The Bertz CT molecular complexity index is 1430. The lowest BCUT2D eigenvalue weighted by Crippen LogP contribution is -2.31. The van der Waals surface area contributed by atoms with Gasteiger partial charge in [-0.15, -0.1) is 0 Å². The molecule has 3 aromatic rings. The number of aliphatic hydroxyl groups excluding tert-OH is 1. The zero-order valence-electron chi connectivity index (χ0n) is 21.3. The van der Waals surface area contributed by atoms with Crippen molar-refractivity contribution in [2.24, 2.45) is 0 Å². The molecule has 0 aliphatic heterocycles. The topological polar surface area (TPSA) is 173 Å². The summed E-state index contributed by atoms with van der Waals surface area (Å²) in [4.78, 5) is 40.4. The van der Waals surface area contributed by atoms with Crippen molar-refractivity contribution in [1.29, 1.82) is 0 Å². The molecular weight excluding hydrogens is 528 g/mol. The van der Waals surface area contributed by atoms with Gasteiger partial charge in [0.2, 0.25) is 0 Å². The SMILES string of the molecule is COc1ccc(CCNC(=O)c2ccc(S(=O)(=O)NC(=O)c3ccc(C(=O)NCCO)nc3)cc2)cc1OC. The number of pyridine rings is 1. The summed E-state index contributed by atoms with van der Waals surface area (Å²) in [5.41, 5.74) is 1.09. The Morgan fingerprint density at radius 3 is 2.10 bits per heavy atom. The number of hydrogen-bond acceptors (Lipinski definition) is 9. The number of aliphatic hydroxyl groups is 1. The van der Waals surface area contributed by atoms with Crippen LogP contribution in [-0.4, -0.2) is 70.1 Å². The van der Waals surface area contributed by atoms with Crippen LogP contribution >= 0.6 is 0 Å². The Balaban J connectivity index is 1.56. The van der Waals surface area contributed by atoms with E-state index < -0.39 is 27.7 Å². The Labute approximate surface area is 225 Å². The summed E-state index contributed by atoms with van der Waals surface area (Å²) >= 11 is 0. The van der Waals surface area contributed by atoms with Gasteiger partial charge in [0.1, 0.15) is 5.69 Å². The number of nitrogens with zero attached hydrogens (tertiary/aromatic N) is 1. The minimum Gasteiger partial charge on any atom is -0.493 e. The first-order chi connectivity index (χ1) is 18.7. The molecule has 39 heavy (non-hydrogen) atoms. The summed E-state index contributed by atoms with van der Waals surface area (Å²) in [6.45, 7) is 0.136. The highest BCUT2D eigenvalue weighted by atomic mass is 32.2. The molecule has 3 rings (SSSR count). The Kier molecular flexibility index (Phi) is 9.95. The number of nitrogens with one attached hydrogen (secondary N) is 3. The zero-order valence-corrected chi connectivity index (χ0v) is 22.1. The van der Waals surface area contributed by atoms with Crippen molar-refractivity contribution in [2.75, 3.05) is 33.9 Å². The van der Waals surface area contributed by atoms with Gasteiger partial charge < -0.3 is 25.2 Å². The van der Waals surface area contributed by atoms with E-state index in [0.29, 0.717) is 24.5 Å². The Hall–Kier alpha value is -4.49. The molecule has 0 aliphatic rings. The van der Waals surface area contributed by atoms with Gasteiger partial charge in [0.15, 0.2) is 11.5 Å². The number of amides is 3. The third-order valence-corrected chi connectivity index (χ3v) is 6.80. The number of hydrogen-bond donors (Lipinski definition) is 4. The first-order valence-electron chi connectivity index (χ1n) is 11.7. The van der Waals surface area contributed by atoms with Gasteiger partial charge in [0.25, 0.3) is 27.7 Å². The van der Waals surface area contributed by atoms with Crippen LogP contribution in [0.1, 0.15) is 36.8 Å². The number of ether oxygens (including phenoxy) is 2. The molecule has 0 bridgehead atoms. The summed E-state index contributed by atoms with van der Waals surface area (Å²) < 4.78 is 37.7. The maximum atomic E-state index is 12.7. The molecule has 3 amide bonds. The van der Waals surface area contributed by atoms with E-state index in [1.165, 1.54) is 43.5 Å². The Morgan fingerprint density at radius 1 is 0.821 bits per heavy atom. The summed E-state index contributed by atoms with van der Waals surface area (Å²) in [5.74, 6) is -0.696. The van der Waals surface area contributed by atoms with Crippen LogP contribution in [0.3, 0.4) is 0 Å². The molecule has 0 saturated carbocycles. The van der Waals surface area contributed by atoms with Gasteiger partial charge in [-0.05, 0) is 60.5 Å². The van der Waals surface area contributed by atoms with E-state index in [9.17, 15) is 22.8 Å². The first-order valence-corrected chi connectivity index (χ1v) is 13.2. The molecule has 12 nitrogen and oxygen atoms in total. The fraction of sp³-hybridized carbons (Fsp3) is 0.231. The maximum absolute atomic E-state index is 12.7. The molecule has 0 radical (unpaired) electrons. The standard InChI is InChI=1S/C26H28N4O8S/c1-37-22-10-3-17(15-23(22)38-2)11-12-27-24(32)18-4-7-20(8-5-18)39(35,36)30-25(33)19-6-9-21(29-16-19)26(34)28-13-14-31/h3-10,15-16,31H,11-14H2,1-2H3,(H,27,32)(H,28,34)(H,30,33). The van der Waals surface area contributed by atoms with Gasteiger partial charge in [0, 0.05) is 24.8 Å². The predicted molar refractivity (Wildman–Crippen MR) is 140 cm³/mol. The Morgan fingerprint density at radius 2 is 1.49 bits per heavy atom. The minimum atomic E-state index is -4.24. The number of carbonyl (C=O) groups is 3. The van der Waals surface area contributed by atoms with Crippen LogP contribution in [0.5, 0.6) is 11.5 Å². The van der Waals surface area contributed by atoms with Crippen molar-refractivity contribution < 1.29 is 37.4 Å². The molecule has 0 unspecified atom stereocenters. The van der Waals surface area contributed by atoms with Crippen molar-refractivity contribution in [3.8, 4) is 11.5 Å². The molecule has 0 spiro atoms. The summed E-state index contributed by atoms with van der Waals surface area (Å²) in [6, 6.07) is 13.1. The molecule has 206 valence electrons. The van der Waals surface area contributed by atoms with Crippen LogP contribution in [-0.2, 0) is 16.4 Å². The fourth-order valence-corrected chi connectivity index (χ4v) is 4.38. The van der Waals surface area contributed by atoms with E-state index in [-0.39, 0.29) is 34.9 Å². The highest BCUT2D eigenvalue weighted by Crippen LogP contribution is 2.27. The number of rotatable bonds is 12. The van der Waals surface area contributed by atoms with E-state index in [1.807, 2.05) is 16.9 Å². The smallest absolute Gasteiger partial charge is 0.269 e. The van der Waals surface area contributed by atoms with E-state index in [2.05, 4.69) is 15.6 Å². The van der Waals surface area contributed by atoms with E-state index in [0.717, 1.165) is 11.8 Å². The summed E-state index contributed by atoms with van der Waals surface area (Å²) in [5, 5.41) is 13.9. The highest BCUT2D eigenvalue weighted by molar-refractivity contribution is 7.90. The van der Waals surface area contributed by atoms with Crippen molar-refractivity contribution in [1.82, 2.24) is 20.3 Å². The number of carbonyl (C=O) groups excluding carboxylic acids is 3. The monoisotopic (exact) mass is 556 g/mol. The maximum Gasteiger partial charge on any atom is 0.269 e. The number of aromatic nitrogens is 1. The summed E-state index contributed by atoms with van der Waals surface area (Å²) in [6.07, 6.45) is 1.60. The number of benzene rings is 2. The van der Waals surface area contributed by atoms with Crippen molar-refractivity contribution >= 4 is 27.7 Å². The molecule has 0 saturated heterocycles. The molecule has 1 aromatic heterocycles. The molecule has 4 N–H and O–H groups in total. The molecule has 1 heterocycles. The fourth-order valence-electron chi connectivity index (χ4n) is 3.41. The molecule has 13 heteroatoms. The van der Waals surface area contributed by atoms with Crippen LogP contribution < -0.4 is 24.8 Å². The number of sulfonamides is 1. The molecule has 0 atom stereocenters. The van der Waals surface area contributed by atoms with E-state index in [4.69, 9.17) is 14.6 Å².